The quantitative estimate of drug-likeness (QED) is 0.574. The minimum atomic E-state index is -3.84. The molecule has 2 amide bonds. The number of urea groups is 1. The van der Waals surface area contributed by atoms with E-state index in [-0.39, 0.29) is 10.9 Å². The average Bonchev–Trinajstić information content (AvgIpc) is 3.31. The van der Waals surface area contributed by atoms with Gasteiger partial charge in [0.2, 0.25) is 0 Å². The van der Waals surface area contributed by atoms with Crippen molar-refractivity contribution in [3.8, 4) is 11.5 Å². The number of sulfonamides is 1. The summed E-state index contributed by atoms with van der Waals surface area (Å²) < 4.78 is 34.2. The molecule has 1 saturated heterocycles. The Hall–Kier alpha value is -3.52. The van der Waals surface area contributed by atoms with Crippen LogP contribution in [-0.4, -0.2) is 32.4 Å². The largest absolute Gasteiger partial charge is 0.455 e. The maximum atomic E-state index is 12.9. The fraction of sp³-hybridized carbons (Fsp3) is 0.174. The van der Waals surface area contributed by atoms with Crippen molar-refractivity contribution in [3.05, 3.63) is 78.9 Å². The second-order valence-electron chi connectivity index (χ2n) is 7.17. The molecule has 0 saturated carbocycles. The molecule has 0 aromatic heterocycles. The SMILES string of the molecule is O=C(Nc1ccc(S(=O)(=O)Nc2ccccc2Oc2ccccc2)cc1)N1CCCC1. The molecule has 1 aliphatic heterocycles. The fourth-order valence-electron chi connectivity index (χ4n) is 3.30. The van der Waals surface area contributed by atoms with Gasteiger partial charge in [0.15, 0.2) is 5.75 Å². The lowest BCUT2D eigenvalue weighted by Crippen LogP contribution is -2.32. The van der Waals surface area contributed by atoms with Crippen LogP contribution in [0.2, 0.25) is 0 Å². The first-order chi connectivity index (χ1) is 15.0. The van der Waals surface area contributed by atoms with Gasteiger partial charge < -0.3 is 15.0 Å². The zero-order chi connectivity index (χ0) is 21.7. The van der Waals surface area contributed by atoms with Crippen LogP contribution in [0.3, 0.4) is 0 Å². The molecule has 0 spiro atoms. The third-order valence-corrected chi connectivity index (χ3v) is 6.29. The topological polar surface area (TPSA) is 87.7 Å². The number of likely N-dealkylation sites (tertiary alicyclic amines) is 1. The molecule has 1 heterocycles. The van der Waals surface area contributed by atoms with Crippen LogP contribution in [0.5, 0.6) is 11.5 Å². The zero-order valence-corrected chi connectivity index (χ0v) is 17.6. The Bertz CT molecular complexity index is 1140. The van der Waals surface area contributed by atoms with E-state index in [9.17, 15) is 13.2 Å². The van der Waals surface area contributed by atoms with Crippen LogP contribution in [0.4, 0.5) is 16.2 Å². The molecule has 1 aliphatic rings. The van der Waals surface area contributed by atoms with E-state index in [1.807, 2.05) is 18.2 Å². The number of benzene rings is 3. The Labute approximate surface area is 181 Å². The Balaban J connectivity index is 1.47. The van der Waals surface area contributed by atoms with Gasteiger partial charge in [0.1, 0.15) is 5.75 Å². The van der Waals surface area contributed by atoms with Gasteiger partial charge in [0.05, 0.1) is 10.6 Å². The van der Waals surface area contributed by atoms with Gasteiger partial charge in [-0.25, -0.2) is 13.2 Å². The molecular formula is C23H23N3O4S. The Morgan fingerprint density at radius 2 is 1.48 bits per heavy atom. The van der Waals surface area contributed by atoms with Gasteiger partial charge in [-0.3, -0.25) is 4.72 Å². The number of nitrogens with zero attached hydrogens (tertiary/aromatic N) is 1. The van der Waals surface area contributed by atoms with Crippen molar-refractivity contribution < 1.29 is 17.9 Å². The zero-order valence-electron chi connectivity index (χ0n) is 16.8. The van der Waals surface area contributed by atoms with E-state index in [0.717, 1.165) is 25.9 Å². The van der Waals surface area contributed by atoms with Gasteiger partial charge in [-0.2, -0.15) is 0 Å². The van der Waals surface area contributed by atoms with E-state index in [2.05, 4.69) is 10.0 Å². The number of nitrogens with one attached hydrogen (secondary N) is 2. The van der Waals surface area contributed by atoms with Crippen LogP contribution in [0.15, 0.2) is 83.8 Å². The van der Waals surface area contributed by atoms with Crippen LogP contribution >= 0.6 is 0 Å². The van der Waals surface area contributed by atoms with Crippen LogP contribution in [0.1, 0.15) is 12.8 Å². The highest BCUT2D eigenvalue weighted by Gasteiger charge is 2.19. The van der Waals surface area contributed by atoms with Crippen molar-refractivity contribution in [1.82, 2.24) is 4.90 Å². The van der Waals surface area contributed by atoms with Gasteiger partial charge in [-0.05, 0) is 61.4 Å². The second-order valence-corrected chi connectivity index (χ2v) is 8.85. The van der Waals surface area contributed by atoms with E-state index in [1.165, 1.54) is 12.1 Å². The highest BCUT2D eigenvalue weighted by molar-refractivity contribution is 7.92. The van der Waals surface area contributed by atoms with E-state index in [0.29, 0.717) is 22.9 Å². The lowest BCUT2D eigenvalue weighted by Gasteiger charge is -2.16. The molecule has 0 bridgehead atoms. The third kappa shape index (κ3) is 5.16. The molecule has 160 valence electrons. The molecule has 0 atom stereocenters. The maximum absolute atomic E-state index is 12.9. The minimum absolute atomic E-state index is 0.0844. The molecule has 0 aliphatic carbocycles. The fourth-order valence-corrected chi connectivity index (χ4v) is 4.37. The van der Waals surface area contributed by atoms with Crippen molar-refractivity contribution in [1.29, 1.82) is 0 Å². The molecule has 8 heteroatoms. The summed E-state index contributed by atoms with van der Waals surface area (Å²) in [5, 5.41) is 2.80. The number of anilines is 2. The second kappa shape index (κ2) is 9.09. The number of carbonyl (C=O) groups excluding carboxylic acids is 1. The Morgan fingerprint density at radius 1 is 0.839 bits per heavy atom. The van der Waals surface area contributed by atoms with Crippen molar-refractivity contribution in [2.45, 2.75) is 17.7 Å². The van der Waals surface area contributed by atoms with Crippen LogP contribution < -0.4 is 14.8 Å². The van der Waals surface area contributed by atoms with Gasteiger partial charge in [0.25, 0.3) is 10.0 Å². The van der Waals surface area contributed by atoms with Gasteiger partial charge in [-0.15, -0.1) is 0 Å². The molecule has 4 rings (SSSR count). The average molecular weight is 438 g/mol. The lowest BCUT2D eigenvalue weighted by atomic mass is 10.3. The number of hydrogen-bond acceptors (Lipinski definition) is 4. The normalized spacial score (nSPS) is 13.6. The third-order valence-electron chi connectivity index (χ3n) is 4.91. The van der Waals surface area contributed by atoms with Crippen LogP contribution in [0.25, 0.3) is 0 Å². The molecular weight excluding hydrogens is 414 g/mol. The van der Waals surface area contributed by atoms with Gasteiger partial charge in [-0.1, -0.05) is 30.3 Å². The van der Waals surface area contributed by atoms with Crippen LogP contribution in [0, 0.1) is 0 Å². The van der Waals surface area contributed by atoms with Crippen LogP contribution in [-0.2, 0) is 10.0 Å². The highest BCUT2D eigenvalue weighted by Crippen LogP contribution is 2.31. The summed E-state index contributed by atoms with van der Waals surface area (Å²) in [4.78, 5) is 14.0. The summed E-state index contributed by atoms with van der Waals surface area (Å²) in [5.74, 6) is 0.999. The number of hydrogen-bond donors (Lipinski definition) is 2. The lowest BCUT2D eigenvalue weighted by molar-refractivity contribution is 0.222. The summed E-state index contributed by atoms with van der Waals surface area (Å²) in [5.41, 5.74) is 0.876. The van der Waals surface area contributed by atoms with Crippen molar-refractivity contribution in [2.75, 3.05) is 23.1 Å². The molecule has 1 fully saturated rings. The summed E-state index contributed by atoms with van der Waals surface area (Å²) in [7, 11) is -3.84. The Morgan fingerprint density at radius 3 is 2.19 bits per heavy atom. The summed E-state index contributed by atoms with van der Waals surface area (Å²) in [6, 6.07) is 21.9. The molecule has 31 heavy (non-hydrogen) atoms. The van der Waals surface area contributed by atoms with Crippen molar-refractivity contribution >= 4 is 27.4 Å². The summed E-state index contributed by atoms with van der Waals surface area (Å²) in [6.45, 7) is 1.49. The number of para-hydroxylation sites is 3. The Kier molecular flexibility index (Phi) is 6.08. The first kappa shape index (κ1) is 20.7. The number of carbonyl (C=O) groups is 1. The maximum Gasteiger partial charge on any atom is 0.321 e. The molecule has 3 aromatic carbocycles. The molecule has 2 N–H and O–H groups in total. The van der Waals surface area contributed by atoms with E-state index >= 15 is 0 Å². The standard InChI is InChI=1S/C23H23N3O4S/c27-23(26-16-6-7-17-26)24-18-12-14-20(15-13-18)31(28,29)25-21-10-4-5-11-22(21)30-19-8-2-1-3-9-19/h1-5,8-15,25H,6-7,16-17H2,(H,24,27). The van der Waals surface area contributed by atoms with Gasteiger partial charge >= 0.3 is 6.03 Å². The number of amides is 2. The first-order valence-electron chi connectivity index (χ1n) is 10.0. The minimum Gasteiger partial charge on any atom is -0.455 e. The van der Waals surface area contributed by atoms with Gasteiger partial charge in [0, 0.05) is 18.8 Å². The predicted octanol–water partition coefficient (Wildman–Crippen LogP) is 4.91. The monoisotopic (exact) mass is 437 g/mol. The van der Waals surface area contributed by atoms with E-state index in [4.69, 9.17) is 4.74 Å². The van der Waals surface area contributed by atoms with E-state index < -0.39 is 10.0 Å². The smallest absolute Gasteiger partial charge is 0.321 e. The predicted molar refractivity (Wildman–Crippen MR) is 120 cm³/mol. The summed E-state index contributed by atoms with van der Waals surface area (Å²) >= 11 is 0. The number of rotatable bonds is 6. The van der Waals surface area contributed by atoms with E-state index in [1.54, 1.807) is 53.4 Å². The highest BCUT2D eigenvalue weighted by atomic mass is 32.2. The molecule has 0 radical (unpaired) electrons. The first-order valence-corrected chi connectivity index (χ1v) is 11.5. The number of ether oxygens (including phenoxy) is 1. The molecule has 0 unspecified atom stereocenters. The summed E-state index contributed by atoms with van der Waals surface area (Å²) in [6.07, 6.45) is 2.01. The van der Waals surface area contributed by atoms with Crippen molar-refractivity contribution in [2.24, 2.45) is 0 Å². The molecule has 3 aromatic rings. The van der Waals surface area contributed by atoms with Crippen molar-refractivity contribution in [3.63, 3.8) is 0 Å². The molecule has 7 nitrogen and oxygen atoms in total.